The summed E-state index contributed by atoms with van der Waals surface area (Å²) in [5, 5.41) is 13.6. The fraction of sp³-hybridized carbons (Fsp3) is 0.333. The van der Waals surface area contributed by atoms with Crippen molar-refractivity contribution in [2.24, 2.45) is 5.92 Å². The number of thiophene rings is 1. The molecule has 1 N–H and O–H groups in total. The van der Waals surface area contributed by atoms with Crippen LogP contribution in [0.15, 0.2) is 60.7 Å². The molecule has 1 atom stereocenters. The van der Waals surface area contributed by atoms with Crippen LogP contribution in [0.2, 0.25) is 0 Å². The van der Waals surface area contributed by atoms with E-state index in [1.165, 1.54) is 16.0 Å². The van der Waals surface area contributed by atoms with Crippen molar-refractivity contribution in [3.05, 3.63) is 87.8 Å². The van der Waals surface area contributed by atoms with Crippen LogP contribution in [-0.4, -0.2) is 17.4 Å². The maximum Gasteiger partial charge on any atom is 0.239 e. The summed E-state index contributed by atoms with van der Waals surface area (Å²) in [6.07, 6.45) is 4.26. The normalized spacial score (nSPS) is 15.2. The molecule has 4 nitrogen and oxygen atoms in total. The number of anilines is 1. The molecule has 0 saturated heterocycles. The highest BCUT2D eigenvalue weighted by atomic mass is 32.1. The Morgan fingerprint density at radius 3 is 2.28 bits per heavy atom. The van der Waals surface area contributed by atoms with Crippen molar-refractivity contribution in [2.45, 2.75) is 45.7 Å². The molecule has 0 spiro atoms. The second-order valence-corrected chi connectivity index (χ2v) is 9.61. The van der Waals surface area contributed by atoms with E-state index in [-0.39, 0.29) is 12.5 Å². The Labute approximate surface area is 194 Å². The minimum Gasteiger partial charge on any atom is -0.315 e. The van der Waals surface area contributed by atoms with Crippen LogP contribution in [0.3, 0.4) is 0 Å². The van der Waals surface area contributed by atoms with Crippen molar-refractivity contribution in [1.29, 1.82) is 5.26 Å². The van der Waals surface area contributed by atoms with Gasteiger partial charge in [-0.3, -0.25) is 9.69 Å². The van der Waals surface area contributed by atoms with Crippen LogP contribution < -0.4 is 5.32 Å². The summed E-state index contributed by atoms with van der Waals surface area (Å²) in [5.41, 5.74) is 4.17. The summed E-state index contributed by atoms with van der Waals surface area (Å²) in [6.45, 7) is 3.88. The van der Waals surface area contributed by atoms with E-state index in [4.69, 9.17) is 0 Å². The lowest BCUT2D eigenvalue weighted by Crippen LogP contribution is -2.32. The number of nitrogens with zero attached hydrogens (tertiary/aromatic N) is 2. The van der Waals surface area contributed by atoms with Crippen molar-refractivity contribution < 1.29 is 4.79 Å². The lowest BCUT2D eigenvalue weighted by molar-refractivity contribution is -0.117. The third-order valence-corrected chi connectivity index (χ3v) is 7.34. The SMILES string of the molecule is CCC1CCc2c(sc(NC(=O)CN(Cc3ccccc3)Cc3ccccc3)c2C#N)C1. The van der Waals surface area contributed by atoms with E-state index >= 15 is 0 Å². The topological polar surface area (TPSA) is 56.1 Å². The summed E-state index contributed by atoms with van der Waals surface area (Å²) in [7, 11) is 0. The molecule has 0 radical (unpaired) electrons. The summed E-state index contributed by atoms with van der Waals surface area (Å²) in [6, 6.07) is 22.8. The number of rotatable bonds is 8. The highest BCUT2D eigenvalue weighted by Gasteiger charge is 2.26. The molecule has 32 heavy (non-hydrogen) atoms. The van der Waals surface area contributed by atoms with Gasteiger partial charge < -0.3 is 5.32 Å². The molecule has 1 aliphatic rings. The Bertz CT molecular complexity index is 1040. The predicted octanol–water partition coefficient (Wildman–Crippen LogP) is 5.78. The van der Waals surface area contributed by atoms with Crippen molar-refractivity contribution in [1.82, 2.24) is 4.90 Å². The fourth-order valence-corrected chi connectivity index (χ4v) is 5.76. The van der Waals surface area contributed by atoms with Crippen molar-refractivity contribution in [3.8, 4) is 6.07 Å². The Hall–Kier alpha value is -2.94. The molecule has 0 aliphatic heterocycles. The molecule has 164 valence electrons. The Morgan fingerprint density at radius 1 is 1.09 bits per heavy atom. The molecule has 4 rings (SSSR count). The molecule has 5 heteroatoms. The van der Waals surface area contributed by atoms with Gasteiger partial charge in [0.05, 0.1) is 12.1 Å². The van der Waals surface area contributed by atoms with Gasteiger partial charge in [0, 0.05) is 18.0 Å². The molecular weight excluding hydrogens is 414 g/mol. The molecule has 3 aromatic rings. The first-order chi connectivity index (χ1) is 15.7. The van der Waals surface area contributed by atoms with Crippen molar-refractivity contribution in [3.63, 3.8) is 0 Å². The van der Waals surface area contributed by atoms with Gasteiger partial charge in [-0.2, -0.15) is 5.26 Å². The number of benzene rings is 2. The number of nitrogens with one attached hydrogen (secondary N) is 1. The van der Waals surface area contributed by atoms with Gasteiger partial charge in [0.15, 0.2) is 0 Å². The van der Waals surface area contributed by atoms with E-state index in [2.05, 4.69) is 47.5 Å². The Balaban J connectivity index is 1.48. The van der Waals surface area contributed by atoms with Crippen LogP contribution in [-0.2, 0) is 30.7 Å². The van der Waals surface area contributed by atoms with Crippen LogP contribution >= 0.6 is 11.3 Å². The van der Waals surface area contributed by atoms with E-state index in [1.807, 2.05) is 36.4 Å². The maximum atomic E-state index is 13.0. The zero-order valence-electron chi connectivity index (χ0n) is 18.5. The van der Waals surface area contributed by atoms with Crippen LogP contribution in [0.1, 0.15) is 46.9 Å². The Morgan fingerprint density at radius 2 is 1.72 bits per heavy atom. The van der Waals surface area contributed by atoms with Gasteiger partial charge >= 0.3 is 0 Å². The molecule has 0 bridgehead atoms. The molecule has 2 aromatic carbocycles. The number of nitriles is 1. The van der Waals surface area contributed by atoms with Crippen molar-refractivity contribution >= 4 is 22.2 Å². The van der Waals surface area contributed by atoms with Gasteiger partial charge in [0.1, 0.15) is 11.1 Å². The lowest BCUT2D eigenvalue weighted by atomic mass is 9.86. The van der Waals surface area contributed by atoms with Gasteiger partial charge in [-0.05, 0) is 41.9 Å². The standard InChI is InChI=1S/C27H29N3OS/c1-2-20-13-14-23-24(16-28)27(32-25(23)15-20)29-26(31)19-30(17-21-9-5-3-6-10-21)18-22-11-7-4-8-12-22/h3-12,20H,2,13-15,17-19H2,1H3,(H,29,31). The fourth-order valence-electron chi connectivity index (χ4n) is 4.43. The number of amides is 1. The molecular formula is C27H29N3OS. The van der Waals surface area contributed by atoms with Crippen LogP contribution in [0.25, 0.3) is 0 Å². The quantitative estimate of drug-likeness (QED) is 0.480. The first-order valence-corrected chi connectivity index (χ1v) is 12.1. The smallest absolute Gasteiger partial charge is 0.239 e. The first kappa shape index (κ1) is 22.3. The number of hydrogen-bond donors (Lipinski definition) is 1. The third kappa shape index (κ3) is 5.45. The molecule has 1 aromatic heterocycles. The van der Waals surface area contributed by atoms with Gasteiger partial charge in [0.2, 0.25) is 5.91 Å². The largest absolute Gasteiger partial charge is 0.315 e. The molecule has 0 saturated carbocycles. The summed E-state index contributed by atoms with van der Waals surface area (Å²) < 4.78 is 0. The summed E-state index contributed by atoms with van der Waals surface area (Å²) in [5.74, 6) is 0.613. The van der Waals surface area contributed by atoms with Crippen LogP contribution in [0, 0.1) is 17.2 Å². The zero-order chi connectivity index (χ0) is 22.3. The number of carbonyl (C=O) groups excluding carboxylic acids is 1. The average molecular weight is 444 g/mol. The van der Waals surface area contributed by atoms with Gasteiger partial charge in [-0.15, -0.1) is 11.3 Å². The molecule has 1 unspecified atom stereocenters. The number of hydrogen-bond acceptors (Lipinski definition) is 4. The predicted molar refractivity (Wildman–Crippen MR) is 130 cm³/mol. The van der Waals surface area contributed by atoms with Gasteiger partial charge in [-0.1, -0.05) is 74.0 Å². The molecule has 1 amide bonds. The van der Waals surface area contributed by atoms with E-state index in [0.29, 0.717) is 24.6 Å². The minimum absolute atomic E-state index is 0.0704. The van der Waals surface area contributed by atoms with Crippen molar-refractivity contribution in [2.75, 3.05) is 11.9 Å². The second kappa shape index (κ2) is 10.6. The number of carbonyl (C=O) groups is 1. The number of fused-ring (bicyclic) bond motifs is 1. The van der Waals surface area contributed by atoms with Crippen LogP contribution in [0.5, 0.6) is 0 Å². The minimum atomic E-state index is -0.0704. The first-order valence-electron chi connectivity index (χ1n) is 11.3. The maximum absolute atomic E-state index is 13.0. The highest BCUT2D eigenvalue weighted by molar-refractivity contribution is 7.16. The highest BCUT2D eigenvalue weighted by Crippen LogP contribution is 2.40. The van der Waals surface area contributed by atoms with Gasteiger partial charge in [-0.25, -0.2) is 0 Å². The van der Waals surface area contributed by atoms with E-state index in [0.717, 1.165) is 36.2 Å². The second-order valence-electron chi connectivity index (χ2n) is 8.50. The van der Waals surface area contributed by atoms with Gasteiger partial charge in [0.25, 0.3) is 0 Å². The molecule has 1 heterocycles. The monoisotopic (exact) mass is 443 g/mol. The van der Waals surface area contributed by atoms with E-state index in [9.17, 15) is 10.1 Å². The summed E-state index contributed by atoms with van der Waals surface area (Å²) >= 11 is 1.60. The lowest BCUT2D eigenvalue weighted by Gasteiger charge is -2.22. The van der Waals surface area contributed by atoms with E-state index < -0.39 is 0 Å². The van der Waals surface area contributed by atoms with Crippen LogP contribution in [0.4, 0.5) is 5.00 Å². The average Bonchev–Trinajstić information content (AvgIpc) is 3.16. The molecule has 1 aliphatic carbocycles. The Kier molecular flexibility index (Phi) is 7.36. The van der Waals surface area contributed by atoms with E-state index in [1.54, 1.807) is 11.3 Å². The third-order valence-electron chi connectivity index (χ3n) is 6.17. The summed E-state index contributed by atoms with van der Waals surface area (Å²) in [4.78, 5) is 16.5. The zero-order valence-corrected chi connectivity index (χ0v) is 19.3. The molecule has 0 fully saturated rings.